The van der Waals surface area contributed by atoms with Crippen LogP contribution >= 0.6 is 0 Å². The van der Waals surface area contributed by atoms with Crippen molar-refractivity contribution in [3.05, 3.63) is 42.5 Å². The van der Waals surface area contributed by atoms with Gasteiger partial charge in [0.25, 0.3) is 5.91 Å². The summed E-state index contributed by atoms with van der Waals surface area (Å²) in [6, 6.07) is 8.12. The van der Waals surface area contributed by atoms with Crippen LogP contribution in [0.25, 0.3) is 5.69 Å². The van der Waals surface area contributed by atoms with E-state index in [0.717, 1.165) is 24.7 Å². The summed E-state index contributed by atoms with van der Waals surface area (Å²) in [7, 11) is 2.21. The molecule has 0 unspecified atom stereocenters. The number of carbonyl (C=O) groups excluding carboxylic acids is 1. The van der Waals surface area contributed by atoms with Crippen molar-refractivity contribution < 1.29 is 4.79 Å². The summed E-state index contributed by atoms with van der Waals surface area (Å²) in [5, 5.41) is 7.09. The number of nitrogens with one attached hydrogen (secondary N) is 1. The Morgan fingerprint density at radius 2 is 2.00 bits per heavy atom. The monoisotopic (exact) mass is 341 g/mol. The molecule has 1 amide bonds. The van der Waals surface area contributed by atoms with Gasteiger partial charge in [-0.2, -0.15) is 5.10 Å². The van der Waals surface area contributed by atoms with Crippen molar-refractivity contribution in [3.63, 3.8) is 0 Å². The van der Waals surface area contributed by atoms with Gasteiger partial charge in [-0.25, -0.2) is 9.67 Å². The van der Waals surface area contributed by atoms with Crippen molar-refractivity contribution in [1.29, 1.82) is 0 Å². The van der Waals surface area contributed by atoms with E-state index >= 15 is 0 Å². The predicted octanol–water partition coefficient (Wildman–Crippen LogP) is 2.65. The summed E-state index contributed by atoms with van der Waals surface area (Å²) in [6.45, 7) is 1.75. The van der Waals surface area contributed by atoms with E-state index in [4.69, 9.17) is 0 Å². The first-order valence-electron chi connectivity index (χ1n) is 9.17. The number of benzene rings is 1. The summed E-state index contributed by atoms with van der Waals surface area (Å²) < 4.78 is 1.67. The largest absolute Gasteiger partial charge is 0.352 e. The van der Waals surface area contributed by atoms with Gasteiger partial charge in [0.1, 0.15) is 12.7 Å². The lowest BCUT2D eigenvalue weighted by atomic mass is 9.94. The Bertz CT molecular complexity index is 647. The SMILES string of the molecule is CN(CCCNC(=O)c1ccc(-n2cncn2)cc1)C1CCCCC1. The molecule has 0 saturated heterocycles. The summed E-state index contributed by atoms with van der Waals surface area (Å²) in [5.41, 5.74) is 1.56. The van der Waals surface area contributed by atoms with Crippen LogP contribution in [0.1, 0.15) is 48.9 Å². The molecule has 6 heteroatoms. The highest BCUT2D eigenvalue weighted by atomic mass is 16.1. The zero-order valence-corrected chi connectivity index (χ0v) is 14.9. The van der Waals surface area contributed by atoms with Gasteiger partial charge in [-0.15, -0.1) is 0 Å². The average molecular weight is 341 g/mol. The van der Waals surface area contributed by atoms with Crippen molar-refractivity contribution in [1.82, 2.24) is 25.0 Å². The second kappa shape index (κ2) is 8.76. The van der Waals surface area contributed by atoms with Gasteiger partial charge >= 0.3 is 0 Å². The zero-order chi connectivity index (χ0) is 17.5. The molecule has 25 heavy (non-hydrogen) atoms. The topological polar surface area (TPSA) is 63.1 Å². The van der Waals surface area contributed by atoms with Crippen molar-refractivity contribution in [2.24, 2.45) is 0 Å². The maximum atomic E-state index is 12.2. The predicted molar refractivity (Wildman–Crippen MR) is 97.8 cm³/mol. The van der Waals surface area contributed by atoms with Crippen molar-refractivity contribution in [2.45, 2.75) is 44.6 Å². The molecule has 6 nitrogen and oxygen atoms in total. The molecule has 1 saturated carbocycles. The van der Waals surface area contributed by atoms with Crippen molar-refractivity contribution >= 4 is 5.91 Å². The van der Waals surface area contributed by atoms with Gasteiger partial charge in [-0.1, -0.05) is 19.3 Å². The Morgan fingerprint density at radius 3 is 2.68 bits per heavy atom. The molecule has 134 valence electrons. The summed E-state index contributed by atoms with van der Waals surface area (Å²) in [4.78, 5) is 18.6. The smallest absolute Gasteiger partial charge is 0.251 e. The number of carbonyl (C=O) groups is 1. The van der Waals surface area contributed by atoms with E-state index in [1.165, 1.54) is 38.4 Å². The highest BCUT2D eigenvalue weighted by Crippen LogP contribution is 2.21. The summed E-state index contributed by atoms with van der Waals surface area (Å²) >= 11 is 0. The van der Waals surface area contributed by atoms with Gasteiger partial charge in [0, 0.05) is 18.2 Å². The number of amides is 1. The third-order valence-electron chi connectivity index (χ3n) is 4.98. The van der Waals surface area contributed by atoms with Crippen molar-refractivity contribution in [2.75, 3.05) is 20.1 Å². The lowest BCUT2D eigenvalue weighted by molar-refractivity contribution is 0.0950. The molecule has 0 radical (unpaired) electrons. The second-order valence-corrected chi connectivity index (χ2v) is 6.77. The average Bonchev–Trinajstić information content (AvgIpc) is 3.20. The van der Waals surface area contributed by atoms with Gasteiger partial charge < -0.3 is 10.2 Å². The zero-order valence-electron chi connectivity index (χ0n) is 14.9. The van der Waals surface area contributed by atoms with Crippen LogP contribution < -0.4 is 5.32 Å². The molecule has 1 aliphatic carbocycles. The van der Waals surface area contributed by atoms with Crippen LogP contribution in [0.5, 0.6) is 0 Å². The van der Waals surface area contributed by atoms with Crippen LogP contribution in [0.15, 0.2) is 36.9 Å². The van der Waals surface area contributed by atoms with Gasteiger partial charge in [0.15, 0.2) is 0 Å². The fourth-order valence-corrected chi connectivity index (χ4v) is 3.44. The van der Waals surface area contributed by atoms with Crippen molar-refractivity contribution in [3.8, 4) is 5.69 Å². The van der Waals surface area contributed by atoms with Crippen LogP contribution in [-0.4, -0.2) is 51.8 Å². The molecule has 1 aromatic heterocycles. The lowest BCUT2D eigenvalue weighted by Gasteiger charge is -2.31. The lowest BCUT2D eigenvalue weighted by Crippen LogP contribution is -2.35. The van der Waals surface area contributed by atoms with Crippen LogP contribution in [0.2, 0.25) is 0 Å². The van der Waals surface area contributed by atoms with Gasteiger partial charge in [0.2, 0.25) is 0 Å². The fourth-order valence-electron chi connectivity index (χ4n) is 3.44. The molecule has 1 heterocycles. The third kappa shape index (κ3) is 4.89. The summed E-state index contributed by atoms with van der Waals surface area (Å²) in [6.07, 6.45) is 10.9. The first-order chi connectivity index (χ1) is 12.2. The number of aromatic nitrogens is 3. The first-order valence-corrected chi connectivity index (χ1v) is 9.17. The number of nitrogens with zero attached hydrogens (tertiary/aromatic N) is 4. The van der Waals surface area contributed by atoms with E-state index in [0.29, 0.717) is 12.1 Å². The Balaban J connectivity index is 1.40. The van der Waals surface area contributed by atoms with Gasteiger partial charge in [-0.05, 0) is 57.1 Å². The molecule has 2 aromatic rings. The van der Waals surface area contributed by atoms with E-state index in [2.05, 4.69) is 27.3 Å². The van der Waals surface area contributed by atoms with E-state index in [9.17, 15) is 4.79 Å². The van der Waals surface area contributed by atoms with Crippen LogP contribution in [0.3, 0.4) is 0 Å². The highest BCUT2D eigenvalue weighted by Gasteiger charge is 2.17. The Kier molecular flexibility index (Phi) is 6.17. The second-order valence-electron chi connectivity index (χ2n) is 6.77. The number of hydrogen-bond acceptors (Lipinski definition) is 4. The number of rotatable bonds is 7. The van der Waals surface area contributed by atoms with Crippen LogP contribution in [0.4, 0.5) is 0 Å². The van der Waals surface area contributed by atoms with Crippen LogP contribution in [-0.2, 0) is 0 Å². The minimum atomic E-state index is -0.0227. The van der Waals surface area contributed by atoms with E-state index in [1.807, 2.05) is 24.3 Å². The van der Waals surface area contributed by atoms with Gasteiger partial charge in [-0.3, -0.25) is 4.79 Å². The molecule has 1 aliphatic rings. The Labute approximate surface area is 149 Å². The standard InChI is InChI=1S/C19H27N5O/c1-23(17-6-3-2-4-7-17)13-5-12-21-19(25)16-8-10-18(11-9-16)24-15-20-14-22-24/h8-11,14-15,17H,2-7,12-13H2,1H3,(H,21,25). The Hall–Kier alpha value is -2.21. The molecule has 0 aliphatic heterocycles. The van der Waals surface area contributed by atoms with E-state index in [-0.39, 0.29) is 5.91 Å². The van der Waals surface area contributed by atoms with Crippen LogP contribution in [0, 0.1) is 0 Å². The number of hydrogen-bond donors (Lipinski definition) is 1. The quantitative estimate of drug-likeness (QED) is 0.787. The molecule has 3 rings (SSSR count). The maximum absolute atomic E-state index is 12.2. The highest BCUT2D eigenvalue weighted by molar-refractivity contribution is 5.94. The summed E-state index contributed by atoms with van der Waals surface area (Å²) in [5.74, 6) is -0.0227. The van der Waals surface area contributed by atoms with E-state index < -0.39 is 0 Å². The third-order valence-corrected chi connectivity index (χ3v) is 4.98. The molecule has 0 bridgehead atoms. The molecule has 1 aromatic carbocycles. The molecule has 0 atom stereocenters. The van der Waals surface area contributed by atoms with Gasteiger partial charge in [0.05, 0.1) is 5.69 Å². The minimum absolute atomic E-state index is 0.0227. The fraction of sp³-hybridized carbons (Fsp3) is 0.526. The Morgan fingerprint density at radius 1 is 1.24 bits per heavy atom. The minimum Gasteiger partial charge on any atom is -0.352 e. The maximum Gasteiger partial charge on any atom is 0.251 e. The molecular formula is C19H27N5O. The molecular weight excluding hydrogens is 314 g/mol. The first kappa shape index (κ1) is 17.6. The normalized spacial score (nSPS) is 15.4. The molecule has 1 N–H and O–H groups in total. The van der Waals surface area contributed by atoms with E-state index in [1.54, 1.807) is 11.0 Å². The molecule has 0 spiro atoms. The molecule has 1 fully saturated rings.